The van der Waals surface area contributed by atoms with E-state index in [0.717, 1.165) is 27.4 Å². The van der Waals surface area contributed by atoms with Gasteiger partial charge in [0.2, 0.25) is 0 Å². The normalized spacial score (nSPS) is 10.7. The van der Waals surface area contributed by atoms with Crippen molar-refractivity contribution in [2.75, 3.05) is 12.1 Å². The summed E-state index contributed by atoms with van der Waals surface area (Å²) in [4.78, 5) is 5.73. The summed E-state index contributed by atoms with van der Waals surface area (Å²) < 4.78 is 3.31. The van der Waals surface area contributed by atoms with E-state index < -0.39 is 0 Å². The molecule has 22 heavy (non-hydrogen) atoms. The number of aryl methyl sites for hydroxylation is 1. The average Bonchev–Trinajstić information content (AvgIpc) is 3.06. The fraction of sp³-hybridized carbons (Fsp3) is 0.118. The summed E-state index contributed by atoms with van der Waals surface area (Å²) >= 11 is 6.31. The van der Waals surface area contributed by atoms with Crippen LogP contribution in [0.1, 0.15) is 5.56 Å². The van der Waals surface area contributed by atoms with E-state index in [1.807, 2.05) is 12.1 Å². The number of rotatable bonds is 1. The molecule has 0 bridgehead atoms. The van der Waals surface area contributed by atoms with Crippen LogP contribution in [-0.2, 0) is 0 Å². The van der Waals surface area contributed by atoms with Crippen LogP contribution in [0.2, 0.25) is 0 Å². The zero-order valence-corrected chi connectivity index (χ0v) is 13.9. The molecule has 0 aliphatic heterocycles. The Morgan fingerprint density at radius 3 is 2.73 bits per heavy atom. The van der Waals surface area contributed by atoms with Crippen LogP contribution in [0.25, 0.3) is 26.4 Å². The summed E-state index contributed by atoms with van der Waals surface area (Å²) in [5.41, 5.74) is 11.2. The molecule has 0 amide bonds. The Bertz CT molecular complexity index is 940. The second-order valence-corrected chi connectivity index (χ2v) is 5.99. The number of benzene rings is 2. The van der Waals surface area contributed by atoms with Gasteiger partial charge in [-0.15, -0.1) is 11.6 Å². The van der Waals surface area contributed by atoms with Crippen LogP contribution < -0.4 is 5.73 Å². The fourth-order valence-electron chi connectivity index (χ4n) is 2.46. The van der Waals surface area contributed by atoms with Crippen LogP contribution in [0, 0.1) is 6.92 Å². The van der Waals surface area contributed by atoms with Gasteiger partial charge in [0.1, 0.15) is 0 Å². The summed E-state index contributed by atoms with van der Waals surface area (Å²) in [7, 11) is 0. The first-order valence-electron chi connectivity index (χ1n) is 6.83. The molecule has 4 rings (SSSR count). The topological polar surface area (TPSA) is 43.3 Å². The number of nitrogen functional groups attached to an aromatic ring is 1. The quantitative estimate of drug-likeness (QED) is 0.396. The summed E-state index contributed by atoms with van der Waals surface area (Å²) in [5, 5.41) is 0. The van der Waals surface area contributed by atoms with Crippen molar-refractivity contribution in [1.29, 1.82) is 0 Å². The molecular formula is C17H16ClN3S. The molecule has 0 fully saturated rings. The predicted molar refractivity (Wildman–Crippen MR) is 96.9 cm³/mol. The second kappa shape index (κ2) is 5.99. The van der Waals surface area contributed by atoms with Crippen molar-refractivity contribution < 1.29 is 0 Å². The number of halogens is 1. The van der Waals surface area contributed by atoms with Crippen molar-refractivity contribution >= 4 is 43.8 Å². The lowest BCUT2D eigenvalue weighted by molar-refractivity contribution is 1.30. The van der Waals surface area contributed by atoms with Crippen LogP contribution in [-0.4, -0.2) is 15.8 Å². The summed E-state index contributed by atoms with van der Waals surface area (Å²) in [6, 6.07) is 14.4. The van der Waals surface area contributed by atoms with Crippen LogP contribution in [0.3, 0.4) is 0 Å². The number of hydrogen-bond acceptors (Lipinski definition) is 3. The maximum Gasteiger partial charge on any atom is 0.195 e. The molecule has 2 N–H and O–H groups in total. The van der Waals surface area contributed by atoms with E-state index in [0.29, 0.717) is 0 Å². The molecule has 0 radical (unpaired) electrons. The average molecular weight is 330 g/mol. The zero-order chi connectivity index (χ0) is 15.7. The number of anilines is 1. The van der Waals surface area contributed by atoms with Gasteiger partial charge < -0.3 is 5.73 Å². The molecule has 2 aromatic heterocycles. The first kappa shape index (κ1) is 14.9. The lowest BCUT2D eigenvalue weighted by Gasteiger charge is -1.97. The molecule has 112 valence electrons. The number of nitrogens with zero attached hydrogens (tertiary/aromatic N) is 2. The van der Waals surface area contributed by atoms with E-state index in [1.165, 1.54) is 16.6 Å². The first-order chi connectivity index (χ1) is 10.7. The minimum Gasteiger partial charge on any atom is -0.399 e. The Hall–Kier alpha value is -2.04. The maximum atomic E-state index is 5.83. The van der Waals surface area contributed by atoms with Gasteiger partial charge in [-0.05, 0) is 31.2 Å². The van der Waals surface area contributed by atoms with Crippen molar-refractivity contribution in [3.8, 4) is 11.3 Å². The number of fused-ring (bicyclic) bond motifs is 3. The van der Waals surface area contributed by atoms with E-state index in [9.17, 15) is 0 Å². The van der Waals surface area contributed by atoms with Gasteiger partial charge in [-0.3, -0.25) is 4.40 Å². The molecule has 0 aliphatic carbocycles. The molecule has 2 aromatic carbocycles. The van der Waals surface area contributed by atoms with E-state index >= 15 is 0 Å². The van der Waals surface area contributed by atoms with E-state index in [2.05, 4.69) is 59.5 Å². The van der Waals surface area contributed by atoms with Crippen molar-refractivity contribution in [1.82, 2.24) is 9.38 Å². The molecule has 2 heterocycles. The number of nitrogens with two attached hydrogens (primary N) is 1. The van der Waals surface area contributed by atoms with Crippen molar-refractivity contribution in [2.45, 2.75) is 6.92 Å². The number of alkyl halides is 1. The molecule has 4 aromatic rings. The van der Waals surface area contributed by atoms with Gasteiger partial charge in [-0.1, -0.05) is 35.1 Å². The largest absolute Gasteiger partial charge is 0.399 e. The monoisotopic (exact) mass is 329 g/mol. The Morgan fingerprint density at radius 1 is 1.14 bits per heavy atom. The van der Waals surface area contributed by atoms with Crippen LogP contribution in [0.4, 0.5) is 5.69 Å². The minimum absolute atomic E-state index is 0.793. The second-order valence-electron chi connectivity index (χ2n) is 4.98. The highest BCUT2D eigenvalue weighted by molar-refractivity contribution is 7.23. The first-order valence-corrected chi connectivity index (χ1v) is 8.40. The highest BCUT2D eigenvalue weighted by Gasteiger charge is 2.10. The van der Waals surface area contributed by atoms with Gasteiger partial charge in [0, 0.05) is 23.8 Å². The van der Waals surface area contributed by atoms with Gasteiger partial charge >= 0.3 is 0 Å². The number of thiazole rings is 1. The lowest BCUT2D eigenvalue weighted by atomic mass is 10.1. The third-order valence-corrected chi connectivity index (χ3v) is 4.45. The smallest absolute Gasteiger partial charge is 0.195 e. The van der Waals surface area contributed by atoms with Gasteiger partial charge in [0.15, 0.2) is 4.96 Å². The minimum atomic E-state index is 0.793. The van der Waals surface area contributed by atoms with E-state index in [4.69, 9.17) is 10.7 Å². The fourth-order valence-corrected chi connectivity index (χ4v) is 3.52. The van der Waals surface area contributed by atoms with E-state index in [1.54, 1.807) is 11.3 Å². The van der Waals surface area contributed by atoms with Gasteiger partial charge in [0.05, 0.1) is 15.9 Å². The molecular weight excluding hydrogens is 314 g/mol. The van der Waals surface area contributed by atoms with Crippen LogP contribution in [0.5, 0.6) is 0 Å². The number of aromatic nitrogens is 2. The van der Waals surface area contributed by atoms with Crippen LogP contribution >= 0.6 is 22.9 Å². The maximum absolute atomic E-state index is 5.83. The molecule has 0 aliphatic rings. The molecule has 3 nitrogen and oxygen atoms in total. The summed E-state index contributed by atoms with van der Waals surface area (Å²) in [6.45, 7) is 2.10. The van der Waals surface area contributed by atoms with Crippen molar-refractivity contribution in [3.05, 3.63) is 54.2 Å². The van der Waals surface area contributed by atoms with Crippen molar-refractivity contribution in [3.63, 3.8) is 0 Å². The highest BCUT2D eigenvalue weighted by atomic mass is 35.5. The van der Waals surface area contributed by atoms with Gasteiger partial charge in [-0.2, -0.15) is 0 Å². The number of hydrogen-bond donors (Lipinski definition) is 1. The SMILES string of the molecule is CCl.Cc1cccc(-c2cn3c(n2)sc2cc(N)ccc23)c1. The summed E-state index contributed by atoms with van der Waals surface area (Å²) in [5.74, 6) is 0. The number of imidazole rings is 1. The molecule has 0 saturated carbocycles. The predicted octanol–water partition coefficient (Wildman–Crippen LogP) is 4.96. The Morgan fingerprint density at radius 2 is 1.95 bits per heavy atom. The summed E-state index contributed by atoms with van der Waals surface area (Å²) in [6.07, 6.45) is 3.57. The van der Waals surface area contributed by atoms with Crippen LogP contribution in [0.15, 0.2) is 48.7 Å². The van der Waals surface area contributed by atoms with Gasteiger partial charge in [0.25, 0.3) is 0 Å². The molecule has 0 spiro atoms. The third kappa shape index (κ3) is 2.56. The van der Waals surface area contributed by atoms with Crippen molar-refractivity contribution in [2.24, 2.45) is 0 Å². The third-order valence-electron chi connectivity index (χ3n) is 3.43. The van der Waals surface area contributed by atoms with E-state index in [-0.39, 0.29) is 0 Å². The molecule has 0 saturated heterocycles. The highest BCUT2D eigenvalue weighted by Crippen LogP contribution is 2.30. The Kier molecular flexibility index (Phi) is 4.05. The van der Waals surface area contributed by atoms with Gasteiger partial charge in [-0.25, -0.2) is 4.98 Å². The molecule has 5 heteroatoms. The molecule has 0 unspecified atom stereocenters. The standard InChI is InChI=1S/C16H13N3S.CH3Cl/c1-10-3-2-4-11(7-10)13-9-19-14-6-5-12(17)8-15(14)20-16(19)18-13;1-2/h2-9H,17H2,1H3;1H3. The molecule has 0 atom stereocenters. The Labute approximate surface area is 138 Å². The lowest BCUT2D eigenvalue weighted by Crippen LogP contribution is -1.83. The Balaban J connectivity index is 0.000000693. The zero-order valence-electron chi connectivity index (χ0n) is 12.4.